The van der Waals surface area contributed by atoms with Crippen LogP contribution in [0.15, 0.2) is 72.1 Å². The number of thioether (sulfide) groups is 1. The Kier molecular flexibility index (Phi) is 6.50. The zero-order valence-electron chi connectivity index (χ0n) is 17.0. The molecule has 2 heterocycles. The summed E-state index contributed by atoms with van der Waals surface area (Å²) in [6, 6.07) is 18.4. The SMILES string of the molecule is Cc1ccccc1-n1c(SCC(=O)Nc2cc(Cl)ccc2C#N)nnc1-c1ccncc1. The summed E-state index contributed by atoms with van der Waals surface area (Å²) in [5.74, 6) is 0.461. The lowest BCUT2D eigenvalue weighted by Gasteiger charge is -2.13. The first kappa shape index (κ1) is 21.6. The molecule has 1 amide bonds. The van der Waals surface area contributed by atoms with E-state index in [4.69, 9.17) is 11.6 Å². The molecule has 7 nitrogen and oxygen atoms in total. The summed E-state index contributed by atoms with van der Waals surface area (Å²) in [7, 11) is 0. The number of rotatable bonds is 6. The number of carbonyl (C=O) groups excluding carboxylic acids is 1. The first-order chi connectivity index (χ1) is 15.6. The van der Waals surface area contributed by atoms with Crippen LogP contribution in [0.3, 0.4) is 0 Å². The van der Waals surface area contributed by atoms with Crippen molar-refractivity contribution in [2.75, 3.05) is 11.1 Å². The predicted molar refractivity (Wildman–Crippen MR) is 125 cm³/mol. The van der Waals surface area contributed by atoms with E-state index in [9.17, 15) is 10.1 Å². The number of hydrogen-bond donors (Lipinski definition) is 1. The van der Waals surface area contributed by atoms with E-state index < -0.39 is 0 Å². The van der Waals surface area contributed by atoms with Crippen LogP contribution in [0.25, 0.3) is 17.1 Å². The van der Waals surface area contributed by atoms with Crippen LogP contribution in [0, 0.1) is 18.3 Å². The third kappa shape index (κ3) is 4.64. The van der Waals surface area contributed by atoms with Crippen LogP contribution in [-0.2, 0) is 4.79 Å². The third-order valence-electron chi connectivity index (χ3n) is 4.64. The number of nitrogens with zero attached hydrogens (tertiary/aromatic N) is 5. The molecule has 0 aliphatic carbocycles. The zero-order chi connectivity index (χ0) is 22.5. The maximum atomic E-state index is 12.6. The largest absolute Gasteiger partial charge is 0.324 e. The Bertz CT molecular complexity index is 1320. The number of carbonyl (C=O) groups is 1. The molecule has 0 saturated heterocycles. The minimum atomic E-state index is -0.279. The number of hydrogen-bond acceptors (Lipinski definition) is 6. The number of pyridine rings is 1. The maximum absolute atomic E-state index is 12.6. The summed E-state index contributed by atoms with van der Waals surface area (Å²) in [5.41, 5.74) is 3.56. The molecule has 158 valence electrons. The van der Waals surface area contributed by atoms with Crippen molar-refractivity contribution >= 4 is 35.0 Å². The molecule has 4 rings (SSSR count). The number of nitrogens with one attached hydrogen (secondary N) is 1. The lowest BCUT2D eigenvalue weighted by atomic mass is 10.2. The third-order valence-corrected chi connectivity index (χ3v) is 5.80. The molecule has 2 aromatic heterocycles. The van der Waals surface area contributed by atoms with Crippen LogP contribution < -0.4 is 5.32 Å². The van der Waals surface area contributed by atoms with Crippen molar-refractivity contribution in [2.45, 2.75) is 12.1 Å². The summed E-state index contributed by atoms with van der Waals surface area (Å²) in [4.78, 5) is 16.7. The van der Waals surface area contributed by atoms with E-state index in [1.807, 2.05) is 54.0 Å². The van der Waals surface area contributed by atoms with Gasteiger partial charge in [-0.25, -0.2) is 0 Å². The van der Waals surface area contributed by atoms with Crippen LogP contribution in [0.2, 0.25) is 5.02 Å². The van der Waals surface area contributed by atoms with Crippen LogP contribution >= 0.6 is 23.4 Å². The van der Waals surface area contributed by atoms with E-state index in [1.54, 1.807) is 30.6 Å². The summed E-state index contributed by atoms with van der Waals surface area (Å²) in [6.07, 6.45) is 3.40. The molecule has 0 aliphatic heterocycles. The molecule has 0 aliphatic rings. The highest BCUT2D eigenvalue weighted by Crippen LogP contribution is 2.29. The Morgan fingerprint density at radius 3 is 2.69 bits per heavy atom. The van der Waals surface area contributed by atoms with Gasteiger partial charge in [0.1, 0.15) is 6.07 Å². The van der Waals surface area contributed by atoms with Gasteiger partial charge in [0.25, 0.3) is 0 Å². The van der Waals surface area contributed by atoms with Gasteiger partial charge in [0, 0.05) is 23.0 Å². The summed E-state index contributed by atoms with van der Waals surface area (Å²) < 4.78 is 1.93. The molecule has 4 aromatic rings. The average Bonchev–Trinajstić information content (AvgIpc) is 3.22. The maximum Gasteiger partial charge on any atom is 0.234 e. The first-order valence-corrected chi connectivity index (χ1v) is 11.0. The fourth-order valence-corrected chi connectivity index (χ4v) is 4.03. The van der Waals surface area contributed by atoms with Gasteiger partial charge in [0.2, 0.25) is 5.91 Å². The summed E-state index contributed by atoms with van der Waals surface area (Å²) in [5, 5.41) is 21.7. The molecule has 0 bridgehead atoms. The van der Waals surface area contributed by atoms with Gasteiger partial charge in [-0.15, -0.1) is 10.2 Å². The molecule has 9 heteroatoms. The standard InChI is InChI=1S/C23H17ClN6OS/c1-15-4-2-3-5-20(15)30-22(16-8-10-26-11-9-16)28-29-23(30)32-14-21(31)27-19-12-18(24)7-6-17(19)13-25/h2-12H,14H2,1H3,(H,27,31). The summed E-state index contributed by atoms with van der Waals surface area (Å²) >= 11 is 7.26. The Balaban J connectivity index is 1.61. The van der Waals surface area contributed by atoms with E-state index >= 15 is 0 Å². The highest BCUT2D eigenvalue weighted by molar-refractivity contribution is 7.99. The molecule has 0 saturated carbocycles. The Hall–Kier alpha value is -3.67. The number of aromatic nitrogens is 4. The van der Waals surface area contributed by atoms with Gasteiger partial charge in [-0.3, -0.25) is 14.3 Å². The van der Waals surface area contributed by atoms with Crippen LogP contribution in [0.4, 0.5) is 5.69 Å². The van der Waals surface area contributed by atoms with E-state index in [-0.39, 0.29) is 11.7 Å². The van der Waals surface area contributed by atoms with Crippen molar-refractivity contribution in [1.29, 1.82) is 5.26 Å². The van der Waals surface area contributed by atoms with Gasteiger partial charge in [0.05, 0.1) is 22.7 Å². The Morgan fingerprint density at radius 1 is 1.16 bits per heavy atom. The molecule has 0 fully saturated rings. The smallest absolute Gasteiger partial charge is 0.234 e. The van der Waals surface area contributed by atoms with Gasteiger partial charge < -0.3 is 5.32 Å². The quantitative estimate of drug-likeness (QED) is 0.411. The summed E-state index contributed by atoms with van der Waals surface area (Å²) in [6.45, 7) is 2.01. The van der Waals surface area contributed by atoms with Crippen molar-refractivity contribution in [3.05, 3.63) is 83.1 Å². The van der Waals surface area contributed by atoms with Gasteiger partial charge in [-0.2, -0.15) is 5.26 Å². The average molecular weight is 461 g/mol. The van der Waals surface area contributed by atoms with Crippen molar-refractivity contribution in [3.63, 3.8) is 0 Å². The minimum absolute atomic E-state index is 0.0811. The normalized spacial score (nSPS) is 10.5. The van der Waals surface area contributed by atoms with Crippen molar-refractivity contribution in [1.82, 2.24) is 19.7 Å². The number of para-hydroxylation sites is 1. The molecule has 0 radical (unpaired) electrons. The lowest BCUT2D eigenvalue weighted by Crippen LogP contribution is -2.15. The van der Waals surface area contributed by atoms with Crippen LogP contribution in [0.5, 0.6) is 0 Å². The second-order valence-corrected chi connectivity index (χ2v) is 8.18. The van der Waals surface area contributed by atoms with E-state index in [0.717, 1.165) is 16.8 Å². The van der Waals surface area contributed by atoms with Crippen molar-refractivity contribution in [2.24, 2.45) is 0 Å². The van der Waals surface area contributed by atoms with Gasteiger partial charge in [0.15, 0.2) is 11.0 Å². The highest BCUT2D eigenvalue weighted by Gasteiger charge is 2.18. The minimum Gasteiger partial charge on any atom is -0.324 e. The van der Waals surface area contributed by atoms with E-state index in [1.165, 1.54) is 11.8 Å². The second kappa shape index (κ2) is 9.64. The monoisotopic (exact) mass is 460 g/mol. The number of benzene rings is 2. The van der Waals surface area contributed by atoms with E-state index in [2.05, 4.69) is 20.5 Å². The van der Waals surface area contributed by atoms with Crippen molar-refractivity contribution in [3.8, 4) is 23.1 Å². The van der Waals surface area contributed by atoms with Crippen LogP contribution in [-0.4, -0.2) is 31.4 Å². The molecule has 32 heavy (non-hydrogen) atoms. The van der Waals surface area contributed by atoms with Crippen molar-refractivity contribution < 1.29 is 4.79 Å². The molecule has 2 aromatic carbocycles. The Morgan fingerprint density at radius 2 is 1.94 bits per heavy atom. The highest BCUT2D eigenvalue weighted by atomic mass is 35.5. The molecule has 0 spiro atoms. The van der Waals surface area contributed by atoms with E-state index in [0.29, 0.717) is 27.3 Å². The zero-order valence-corrected chi connectivity index (χ0v) is 18.6. The fraction of sp³-hybridized carbons (Fsp3) is 0.0870. The number of nitriles is 1. The molecular formula is C23H17ClN6OS. The Labute approximate surface area is 194 Å². The van der Waals surface area contributed by atoms with Gasteiger partial charge >= 0.3 is 0 Å². The van der Waals surface area contributed by atoms with Crippen LogP contribution in [0.1, 0.15) is 11.1 Å². The number of amides is 1. The van der Waals surface area contributed by atoms with Gasteiger partial charge in [-0.1, -0.05) is 41.6 Å². The molecule has 0 unspecified atom stereocenters. The number of halogens is 1. The molecule has 1 N–H and O–H groups in total. The topological polar surface area (TPSA) is 96.5 Å². The lowest BCUT2D eigenvalue weighted by molar-refractivity contribution is -0.113. The second-order valence-electron chi connectivity index (χ2n) is 6.80. The predicted octanol–water partition coefficient (Wildman–Crippen LogP) is 4.89. The molecule has 0 atom stereocenters. The first-order valence-electron chi connectivity index (χ1n) is 9.61. The number of anilines is 1. The number of aryl methyl sites for hydroxylation is 1. The molecular weight excluding hydrogens is 444 g/mol. The fourth-order valence-electron chi connectivity index (χ4n) is 3.12. The van der Waals surface area contributed by atoms with Gasteiger partial charge in [-0.05, 0) is 48.9 Å².